The molecule has 0 bridgehead atoms. The molecule has 0 saturated carbocycles. The van der Waals surface area contributed by atoms with Gasteiger partial charge in [0.05, 0.1) is 6.54 Å². The molecule has 28 heavy (non-hydrogen) atoms. The summed E-state index contributed by atoms with van der Waals surface area (Å²) in [4.78, 5) is 28.5. The first-order chi connectivity index (χ1) is 13.5. The van der Waals surface area contributed by atoms with Crippen LogP contribution in [-0.2, 0) is 11.3 Å². The maximum absolute atomic E-state index is 12.2. The van der Waals surface area contributed by atoms with E-state index in [9.17, 15) is 9.59 Å². The molecule has 0 atom stereocenters. The Balaban J connectivity index is 1.70. The van der Waals surface area contributed by atoms with E-state index < -0.39 is 5.91 Å². The minimum Gasteiger partial charge on any atom is -0.343 e. The van der Waals surface area contributed by atoms with Crippen LogP contribution in [0.5, 0.6) is 0 Å². The predicted molar refractivity (Wildman–Crippen MR) is 109 cm³/mol. The Morgan fingerprint density at radius 1 is 1.04 bits per heavy atom. The van der Waals surface area contributed by atoms with Crippen LogP contribution in [0.1, 0.15) is 21.5 Å². The smallest absolute Gasteiger partial charge is 0.267 e. The molecule has 1 heterocycles. The number of aryl methyl sites for hydroxylation is 1. The van der Waals surface area contributed by atoms with Gasteiger partial charge in [-0.25, -0.2) is 0 Å². The Morgan fingerprint density at radius 3 is 2.57 bits per heavy atom. The number of aromatic nitrogens is 1. The number of carbonyl (C=O) groups excluding carboxylic acids is 2. The minimum absolute atomic E-state index is 0.190. The number of amides is 2. The molecule has 1 aromatic heterocycles. The molecule has 0 radical (unpaired) electrons. The van der Waals surface area contributed by atoms with Crippen molar-refractivity contribution < 1.29 is 9.59 Å². The molecular weight excluding hydrogens is 374 g/mol. The molecule has 6 heteroatoms. The van der Waals surface area contributed by atoms with E-state index in [1.165, 1.54) is 5.56 Å². The molecule has 0 saturated heterocycles. The number of rotatable bonds is 5. The summed E-state index contributed by atoms with van der Waals surface area (Å²) in [5, 5.41) is 3.03. The Hall–Kier alpha value is -3.18. The van der Waals surface area contributed by atoms with Crippen molar-refractivity contribution in [2.24, 2.45) is 4.99 Å². The highest BCUT2D eigenvalue weighted by molar-refractivity contribution is 6.30. The second kappa shape index (κ2) is 9.15. The molecule has 0 unspecified atom stereocenters. The second-order valence-corrected chi connectivity index (χ2v) is 6.81. The number of pyridine rings is 1. The Bertz CT molecular complexity index is 1060. The summed E-state index contributed by atoms with van der Waals surface area (Å²) in [5.41, 5.74) is 3.23. The van der Waals surface area contributed by atoms with Gasteiger partial charge >= 0.3 is 0 Å². The fourth-order valence-corrected chi connectivity index (χ4v) is 2.84. The molecule has 3 aromatic rings. The molecule has 5 nitrogen and oxygen atoms in total. The van der Waals surface area contributed by atoms with E-state index in [0.717, 1.165) is 5.56 Å². The average Bonchev–Trinajstić information content (AvgIpc) is 2.69. The van der Waals surface area contributed by atoms with E-state index in [-0.39, 0.29) is 12.5 Å². The SMILES string of the molecule is Cc1ccc(Cn2ccccc2=NC(=O)CNC(=O)c2cccc(Cl)c2)cc1. The zero-order valence-electron chi connectivity index (χ0n) is 15.4. The van der Waals surface area contributed by atoms with Crippen molar-refractivity contribution in [1.29, 1.82) is 0 Å². The number of hydrogen-bond acceptors (Lipinski definition) is 2. The molecule has 0 aliphatic rings. The van der Waals surface area contributed by atoms with E-state index >= 15 is 0 Å². The van der Waals surface area contributed by atoms with Crippen LogP contribution < -0.4 is 10.8 Å². The van der Waals surface area contributed by atoms with Gasteiger partial charge in [-0.2, -0.15) is 4.99 Å². The summed E-state index contributed by atoms with van der Waals surface area (Å²) in [5.74, 6) is -0.800. The van der Waals surface area contributed by atoms with Crippen LogP contribution >= 0.6 is 11.6 Å². The fourth-order valence-electron chi connectivity index (χ4n) is 2.65. The average molecular weight is 394 g/mol. The molecule has 3 rings (SSSR count). The maximum atomic E-state index is 12.2. The Morgan fingerprint density at radius 2 is 1.82 bits per heavy atom. The number of nitrogens with one attached hydrogen (secondary N) is 1. The minimum atomic E-state index is -0.431. The van der Waals surface area contributed by atoms with Crippen LogP contribution in [0.2, 0.25) is 5.02 Å². The van der Waals surface area contributed by atoms with E-state index in [4.69, 9.17) is 11.6 Å². The molecule has 0 aliphatic carbocycles. The highest BCUT2D eigenvalue weighted by Crippen LogP contribution is 2.10. The van der Waals surface area contributed by atoms with Gasteiger partial charge in [-0.15, -0.1) is 0 Å². The highest BCUT2D eigenvalue weighted by atomic mass is 35.5. The van der Waals surface area contributed by atoms with Gasteiger partial charge in [-0.1, -0.05) is 53.6 Å². The fraction of sp³-hybridized carbons (Fsp3) is 0.136. The molecule has 2 aromatic carbocycles. The summed E-state index contributed by atoms with van der Waals surface area (Å²) in [6, 6.07) is 20.2. The third kappa shape index (κ3) is 5.41. The van der Waals surface area contributed by atoms with Crippen LogP contribution in [0.25, 0.3) is 0 Å². The number of hydrogen-bond donors (Lipinski definition) is 1. The molecule has 0 fully saturated rings. The van der Waals surface area contributed by atoms with Crippen LogP contribution in [0.15, 0.2) is 77.9 Å². The van der Waals surface area contributed by atoms with Gasteiger partial charge < -0.3 is 9.88 Å². The van der Waals surface area contributed by atoms with Gasteiger partial charge in [-0.05, 0) is 42.8 Å². The van der Waals surface area contributed by atoms with Gasteiger partial charge in [0.15, 0.2) is 0 Å². The van der Waals surface area contributed by atoms with Gasteiger partial charge in [0.25, 0.3) is 11.8 Å². The largest absolute Gasteiger partial charge is 0.343 e. The standard InChI is InChI=1S/C22H20ClN3O2/c1-16-8-10-17(11-9-16)15-26-12-3-2-7-20(26)25-21(27)14-24-22(28)18-5-4-6-19(23)13-18/h2-13H,14-15H2,1H3,(H,24,28). The van der Waals surface area contributed by atoms with E-state index in [0.29, 0.717) is 22.6 Å². The maximum Gasteiger partial charge on any atom is 0.267 e. The highest BCUT2D eigenvalue weighted by Gasteiger charge is 2.08. The number of halogens is 1. The van der Waals surface area contributed by atoms with E-state index in [2.05, 4.69) is 10.3 Å². The number of benzene rings is 2. The lowest BCUT2D eigenvalue weighted by Gasteiger charge is -2.08. The summed E-state index contributed by atoms with van der Waals surface area (Å²) in [6.07, 6.45) is 1.87. The number of nitrogens with zero attached hydrogens (tertiary/aromatic N) is 2. The summed E-state index contributed by atoms with van der Waals surface area (Å²) < 4.78 is 1.89. The molecular formula is C22H20ClN3O2. The van der Waals surface area contributed by atoms with Gasteiger partial charge in [-0.3, -0.25) is 9.59 Å². The van der Waals surface area contributed by atoms with Crippen molar-refractivity contribution in [3.8, 4) is 0 Å². The monoisotopic (exact) mass is 393 g/mol. The zero-order chi connectivity index (χ0) is 19.9. The Kier molecular flexibility index (Phi) is 6.40. The topological polar surface area (TPSA) is 63.5 Å². The molecule has 142 valence electrons. The van der Waals surface area contributed by atoms with Crippen LogP contribution in [-0.4, -0.2) is 22.9 Å². The van der Waals surface area contributed by atoms with Crippen molar-refractivity contribution in [2.75, 3.05) is 6.54 Å². The summed E-state index contributed by atoms with van der Waals surface area (Å²) in [6.45, 7) is 2.45. The predicted octanol–water partition coefficient (Wildman–Crippen LogP) is 3.36. The van der Waals surface area contributed by atoms with Gasteiger partial charge in [0.1, 0.15) is 5.49 Å². The van der Waals surface area contributed by atoms with E-state index in [1.54, 1.807) is 30.3 Å². The Labute approximate surface area is 168 Å². The third-order valence-electron chi connectivity index (χ3n) is 4.12. The van der Waals surface area contributed by atoms with Crippen molar-refractivity contribution in [1.82, 2.24) is 9.88 Å². The zero-order valence-corrected chi connectivity index (χ0v) is 16.2. The van der Waals surface area contributed by atoms with Gasteiger partial charge in [0.2, 0.25) is 0 Å². The van der Waals surface area contributed by atoms with Crippen molar-refractivity contribution in [3.05, 3.63) is 100 Å². The van der Waals surface area contributed by atoms with Crippen LogP contribution in [0.3, 0.4) is 0 Å². The lowest BCUT2D eigenvalue weighted by Crippen LogP contribution is -2.31. The van der Waals surface area contributed by atoms with Crippen LogP contribution in [0.4, 0.5) is 0 Å². The third-order valence-corrected chi connectivity index (χ3v) is 4.35. The van der Waals surface area contributed by atoms with Crippen molar-refractivity contribution >= 4 is 23.4 Å². The second-order valence-electron chi connectivity index (χ2n) is 6.37. The summed E-state index contributed by atoms with van der Waals surface area (Å²) >= 11 is 5.88. The van der Waals surface area contributed by atoms with E-state index in [1.807, 2.05) is 54.1 Å². The van der Waals surface area contributed by atoms with Gasteiger partial charge in [0, 0.05) is 23.3 Å². The quantitative estimate of drug-likeness (QED) is 0.722. The first-order valence-corrected chi connectivity index (χ1v) is 9.21. The normalized spacial score (nSPS) is 11.3. The van der Waals surface area contributed by atoms with Crippen molar-refractivity contribution in [2.45, 2.75) is 13.5 Å². The van der Waals surface area contributed by atoms with Crippen molar-refractivity contribution in [3.63, 3.8) is 0 Å². The summed E-state index contributed by atoms with van der Waals surface area (Å²) in [7, 11) is 0. The molecule has 0 aliphatic heterocycles. The van der Waals surface area contributed by atoms with Crippen LogP contribution in [0, 0.1) is 6.92 Å². The lowest BCUT2D eigenvalue weighted by molar-refractivity contribution is -0.117. The first-order valence-electron chi connectivity index (χ1n) is 8.83. The molecule has 0 spiro atoms. The number of carbonyl (C=O) groups is 2. The lowest BCUT2D eigenvalue weighted by atomic mass is 10.1. The molecule has 1 N–H and O–H groups in total. The molecule has 2 amide bonds. The first kappa shape index (κ1) is 19.6.